The van der Waals surface area contributed by atoms with Crippen molar-refractivity contribution in [3.05, 3.63) is 52.6 Å². The lowest BCUT2D eigenvalue weighted by atomic mass is 10.3. The Morgan fingerprint density at radius 2 is 2.05 bits per heavy atom. The summed E-state index contributed by atoms with van der Waals surface area (Å²) < 4.78 is 6.90. The number of hydrogen-bond acceptors (Lipinski definition) is 5. The topological polar surface area (TPSA) is 43.7 Å². The summed E-state index contributed by atoms with van der Waals surface area (Å²) in [5.41, 5.74) is 0. The molecule has 0 aliphatic carbocycles. The molecule has 0 saturated carbocycles. The second-order valence-electron chi connectivity index (χ2n) is 4.17. The average Bonchev–Trinajstić information content (AvgIpc) is 2.91. The molecule has 21 heavy (non-hydrogen) atoms. The number of oxime groups is 1. The van der Waals surface area contributed by atoms with Crippen molar-refractivity contribution >= 4 is 39.2 Å². The van der Waals surface area contributed by atoms with Gasteiger partial charge in [0.1, 0.15) is 12.9 Å². The third-order valence-corrected chi connectivity index (χ3v) is 4.01. The number of rotatable bonds is 4. The molecule has 6 heteroatoms. The Labute approximate surface area is 130 Å². The molecule has 3 aromatic rings. The molecule has 0 bridgehead atoms. The third-order valence-electron chi connectivity index (χ3n) is 2.76. The Morgan fingerprint density at radius 3 is 2.81 bits per heavy atom. The van der Waals surface area contributed by atoms with E-state index in [1.165, 1.54) is 7.11 Å². The van der Waals surface area contributed by atoms with Gasteiger partial charge in [-0.05, 0) is 30.3 Å². The van der Waals surface area contributed by atoms with Crippen LogP contribution in [0.4, 0.5) is 0 Å². The molecule has 4 nitrogen and oxygen atoms in total. The van der Waals surface area contributed by atoms with Crippen LogP contribution in [0.2, 0.25) is 5.02 Å². The number of hydrogen-bond donors (Lipinski definition) is 0. The molecule has 2 aromatic heterocycles. The van der Waals surface area contributed by atoms with Crippen molar-refractivity contribution in [1.82, 2.24) is 4.98 Å². The number of benzene rings is 1. The smallest absolute Gasteiger partial charge is 0.154 e. The Bertz CT molecular complexity index is 784. The van der Waals surface area contributed by atoms with Crippen LogP contribution in [0.5, 0.6) is 11.5 Å². The molecule has 0 radical (unpaired) electrons. The molecule has 0 spiro atoms. The first-order valence-electron chi connectivity index (χ1n) is 6.14. The van der Waals surface area contributed by atoms with Crippen LogP contribution in [0.3, 0.4) is 0 Å². The van der Waals surface area contributed by atoms with Crippen LogP contribution in [-0.2, 0) is 4.84 Å². The molecule has 2 heterocycles. The lowest BCUT2D eigenvalue weighted by Crippen LogP contribution is -1.85. The fraction of sp³-hybridized carbons (Fsp3) is 0.0667. The summed E-state index contributed by atoms with van der Waals surface area (Å²) in [4.78, 5) is 9.87. The van der Waals surface area contributed by atoms with Gasteiger partial charge in [0.05, 0.1) is 22.0 Å². The van der Waals surface area contributed by atoms with E-state index in [1.54, 1.807) is 42.1 Å². The quantitative estimate of drug-likeness (QED) is 0.516. The fourth-order valence-corrected chi connectivity index (χ4v) is 2.87. The van der Waals surface area contributed by atoms with Crippen LogP contribution in [-0.4, -0.2) is 18.3 Å². The minimum Gasteiger partial charge on any atom is -0.455 e. The molecule has 0 amide bonds. The summed E-state index contributed by atoms with van der Waals surface area (Å²) in [6.07, 6.45) is 5.16. The zero-order valence-corrected chi connectivity index (χ0v) is 12.7. The average molecular weight is 319 g/mol. The maximum atomic E-state index is 5.87. The van der Waals surface area contributed by atoms with Gasteiger partial charge in [-0.1, -0.05) is 16.8 Å². The highest BCUT2D eigenvalue weighted by molar-refractivity contribution is 7.20. The van der Waals surface area contributed by atoms with Gasteiger partial charge in [0.2, 0.25) is 0 Å². The largest absolute Gasteiger partial charge is 0.455 e. The number of aromatic nitrogens is 1. The number of thiophene rings is 1. The Morgan fingerprint density at radius 1 is 1.24 bits per heavy atom. The first-order valence-corrected chi connectivity index (χ1v) is 7.33. The zero-order valence-electron chi connectivity index (χ0n) is 11.1. The highest BCUT2D eigenvalue weighted by Gasteiger charge is 2.08. The Kier molecular flexibility index (Phi) is 4.03. The number of ether oxygens (including phenoxy) is 1. The minimum atomic E-state index is 0.673. The van der Waals surface area contributed by atoms with Gasteiger partial charge < -0.3 is 9.57 Å². The summed E-state index contributed by atoms with van der Waals surface area (Å²) in [6, 6.07) is 9.21. The predicted octanol–water partition coefficient (Wildman–Crippen LogP) is 4.72. The monoisotopic (exact) mass is 318 g/mol. The number of halogens is 1. The van der Waals surface area contributed by atoms with Crippen molar-refractivity contribution < 1.29 is 9.57 Å². The van der Waals surface area contributed by atoms with E-state index in [0.29, 0.717) is 16.5 Å². The summed E-state index contributed by atoms with van der Waals surface area (Å²) >= 11 is 7.44. The molecule has 0 saturated heterocycles. The van der Waals surface area contributed by atoms with Gasteiger partial charge in [-0.2, -0.15) is 0 Å². The molecule has 0 unspecified atom stereocenters. The predicted molar refractivity (Wildman–Crippen MR) is 85.7 cm³/mol. The molecule has 106 valence electrons. The van der Waals surface area contributed by atoms with Crippen molar-refractivity contribution in [3.63, 3.8) is 0 Å². The van der Waals surface area contributed by atoms with Gasteiger partial charge in [0, 0.05) is 16.6 Å². The normalized spacial score (nSPS) is 11.1. The maximum Gasteiger partial charge on any atom is 0.154 e. The summed E-state index contributed by atoms with van der Waals surface area (Å²) in [6.45, 7) is 0. The van der Waals surface area contributed by atoms with E-state index >= 15 is 0 Å². The van der Waals surface area contributed by atoms with Crippen molar-refractivity contribution in [2.75, 3.05) is 7.11 Å². The van der Waals surface area contributed by atoms with Crippen LogP contribution in [0.25, 0.3) is 10.1 Å². The maximum absolute atomic E-state index is 5.87. The second-order valence-corrected chi connectivity index (χ2v) is 5.72. The Hall–Kier alpha value is -2.11. The van der Waals surface area contributed by atoms with E-state index < -0.39 is 0 Å². The van der Waals surface area contributed by atoms with Gasteiger partial charge in [-0.25, -0.2) is 0 Å². The van der Waals surface area contributed by atoms with Crippen LogP contribution < -0.4 is 4.74 Å². The highest BCUT2D eigenvalue weighted by atomic mass is 35.5. The van der Waals surface area contributed by atoms with E-state index in [-0.39, 0.29) is 0 Å². The SMILES string of the molecule is CON=Cc1cc2c(Oc3ccc(Cl)cc3)cncc2s1. The van der Waals surface area contributed by atoms with Crippen molar-refractivity contribution in [2.45, 2.75) is 0 Å². The number of fused-ring (bicyclic) bond motifs is 1. The van der Waals surface area contributed by atoms with Gasteiger partial charge in [0.25, 0.3) is 0 Å². The van der Waals surface area contributed by atoms with E-state index in [4.69, 9.17) is 21.2 Å². The third kappa shape index (κ3) is 3.15. The summed E-state index contributed by atoms with van der Waals surface area (Å²) in [7, 11) is 1.51. The first kappa shape index (κ1) is 13.9. The van der Waals surface area contributed by atoms with E-state index in [1.807, 2.05) is 18.2 Å². The lowest BCUT2D eigenvalue weighted by molar-refractivity contribution is 0.215. The summed E-state index contributed by atoms with van der Waals surface area (Å²) in [5.74, 6) is 1.41. The van der Waals surface area contributed by atoms with E-state index in [9.17, 15) is 0 Å². The molecule has 0 atom stereocenters. The summed E-state index contributed by atoms with van der Waals surface area (Å²) in [5, 5.41) is 5.43. The van der Waals surface area contributed by atoms with Crippen LogP contribution in [0.1, 0.15) is 4.88 Å². The van der Waals surface area contributed by atoms with Gasteiger partial charge in [0.15, 0.2) is 5.75 Å². The molecule has 0 N–H and O–H groups in total. The van der Waals surface area contributed by atoms with Gasteiger partial charge in [-0.3, -0.25) is 4.98 Å². The molecule has 0 aliphatic rings. The standard InChI is InChI=1S/C15H11ClN2O2S/c1-19-18-7-12-6-13-14(8-17-9-15(13)21-12)20-11-4-2-10(16)3-5-11/h2-9H,1H3. The van der Waals surface area contributed by atoms with Crippen LogP contribution in [0, 0.1) is 0 Å². The molecule has 0 fully saturated rings. The van der Waals surface area contributed by atoms with E-state index in [0.717, 1.165) is 15.0 Å². The van der Waals surface area contributed by atoms with Crippen molar-refractivity contribution in [2.24, 2.45) is 5.16 Å². The highest BCUT2D eigenvalue weighted by Crippen LogP contribution is 2.34. The fourth-order valence-electron chi connectivity index (χ4n) is 1.83. The van der Waals surface area contributed by atoms with Gasteiger partial charge >= 0.3 is 0 Å². The van der Waals surface area contributed by atoms with Crippen LogP contribution >= 0.6 is 22.9 Å². The van der Waals surface area contributed by atoms with Gasteiger partial charge in [-0.15, -0.1) is 11.3 Å². The lowest BCUT2D eigenvalue weighted by Gasteiger charge is -2.06. The first-order chi connectivity index (χ1) is 10.3. The number of nitrogens with zero attached hydrogens (tertiary/aromatic N) is 2. The number of pyridine rings is 1. The molecular formula is C15H11ClN2O2S. The molecule has 1 aromatic carbocycles. The second kappa shape index (κ2) is 6.11. The molecule has 3 rings (SSSR count). The minimum absolute atomic E-state index is 0.673. The Balaban J connectivity index is 1.96. The molecule has 0 aliphatic heterocycles. The van der Waals surface area contributed by atoms with E-state index in [2.05, 4.69) is 10.1 Å². The van der Waals surface area contributed by atoms with Crippen LogP contribution in [0.15, 0.2) is 47.9 Å². The zero-order chi connectivity index (χ0) is 14.7. The van der Waals surface area contributed by atoms with Crippen molar-refractivity contribution in [1.29, 1.82) is 0 Å². The van der Waals surface area contributed by atoms with Crippen molar-refractivity contribution in [3.8, 4) is 11.5 Å². The molecular weight excluding hydrogens is 308 g/mol.